The van der Waals surface area contributed by atoms with E-state index in [1.165, 1.54) is 0 Å². The van der Waals surface area contributed by atoms with Gasteiger partial charge in [-0.3, -0.25) is 4.79 Å². The van der Waals surface area contributed by atoms with Crippen molar-refractivity contribution in [3.63, 3.8) is 0 Å². The molecule has 0 aliphatic rings. The first kappa shape index (κ1) is 13.4. The van der Waals surface area contributed by atoms with Gasteiger partial charge in [0.25, 0.3) is 5.91 Å². The van der Waals surface area contributed by atoms with Gasteiger partial charge in [-0.05, 0) is 25.0 Å². The Balaban J connectivity index is 2.16. The van der Waals surface area contributed by atoms with Crippen molar-refractivity contribution in [2.24, 2.45) is 0 Å². The van der Waals surface area contributed by atoms with Crippen LogP contribution in [0.25, 0.3) is 0 Å². The predicted octanol–water partition coefficient (Wildman–Crippen LogP) is 3.64. The third-order valence-electron chi connectivity index (χ3n) is 3.09. The first-order chi connectivity index (χ1) is 9.22. The molecule has 3 nitrogen and oxygen atoms in total. The summed E-state index contributed by atoms with van der Waals surface area (Å²) < 4.78 is 5.22. The van der Waals surface area contributed by atoms with E-state index in [9.17, 15) is 4.79 Å². The average Bonchev–Trinajstić information content (AvgIpc) is 2.85. The van der Waals surface area contributed by atoms with E-state index in [1.807, 2.05) is 42.2 Å². The fourth-order valence-corrected chi connectivity index (χ4v) is 2.10. The molecule has 2 rings (SSSR count). The zero-order valence-electron chi connectivity index (χ0n) is 11.4. The molecular formula is C16H19NO2. The predicted molar refractivity (Wildman–Crippen MR) is 74.9 cm³/mol. The van der Waals surface area contributed by atoms with Crippen LogP contribution in [-0.2, 0) is 6.54 Å². The van der Waals surface area contributed by atoms with Gasteiger partial charge in [-0.1, -0.05) is 37.3 Å². The molecule has 0 radical (unpaired) electrons. The molecule has 0 N–H and O–H groups in total. The topological polar surface area (TPSA) is 33.5 Å². The fourth-order valence-electron chi connectivity index (χ4n) is 2.10. The first-order valence-electron chi connectivity index (χ1n) is 6.59. The fraction of sp³-hybridized carbons (Fsp3) is 0.312. The van der Waals surface area contributed by atoms with E-state index in [0.717, 1.165) is 18.5 Å². The van der Waals surface area contributed by atoms with Crippen LogP contribution >= 0.6 is 0 Å². The molecule has 1 heterocycles. The molecule has 0 saturated carbocycles. The van der Waals surface area contributed by atoms with Crippen molar-refractivity contribution in [1.29, 1.82) is 0 Å². The Morgan fingerprint density at radius 3 is 2.53 bits per heavy atom. The molecule has 1 aromatic carbocycles. The monoisotopic (exact) mass is 257 g/mol. The molecule has 0 spiro atoms. The van der Waals surface area contributed by atoms with Crippen LogP contribution in [0.15, 0.2) is 47.1 Å². The standard InChI is InChI=1S/C16H19NO2/c1-3-10-17(12-14-7-5-4-6-8-14)16(18)15-9-11-19-13(15)2/h4-9,11H,3,10,12H2,1-2H3. The first-order valence-corrected chi connectivity index (χ1v) is 6.59. The summed E-state index contributed by atoms with van der Waals surface area (Å²) in [4.78, 5) is 14.4. The lowest BCUT2D eigenvalue weighted by molar-refractivity contribution is 0.0741. The smallest absolute Gasteiger partial charge is 0.257 e. The number of aryl methyl sites for hydroxylation is 1. The normalized spacial score (nSPS) is 10.4. The maximum Gasteiger partial charge on any atom is 0.257 e. The maximum absolute atomic E-state index is 12.5. The summed E-state index contributed by atoms with van der Waals surface area (Å²) in [6, 6.07) is 11.8. The van der Waals surface area contributed by atoms with E-state index in [2.05, 4.69) is 6.92 Å². The molecule has 3 heteroatoms. The lowest BCUT2D eigenvalue weighted by Crippen LogP contribution is -2.31. The number of rotatable bonds is 5. The third-order valence-corrected chi connectivity index (χ3v) is 3.09. The summed E-state index contributed by atoms with van der Waals surface area (Å²) >= 11 is 0. The number of amides is 1. The summed E-state index contributed by atoms with van der Waals surface area (Å²) in [6.07, 6.45) is 2.50. The van der Waals surface area contributed by atoms with Crippen molar-refractivity contribution < 1.29 is 9.21 Å². The number of hydrogen-bond donors (Lipinski definition) is 0. The number of benzene rings is 1. The van der Waals surface area contributed by atoms with Gasteiger partial charge in [-0.25, -0.2) is 0 Å². The second kappa shape index (κ2) is 6.23. The molecule has 0 bridgehead atoms. The summed E-state index contributed by atoms with van der Waals surface area (Å²) in [6.45, 7) is 5.28. The summed E-state index contributed by atoms with van der Waals surface area (Å²) in [7, 11) is 0. The molecule has 0 atom stereocenters. The van der Waals surface area contributed by atoms with Crippen LogP contribution in [0.4, 0.5) is 0 Å². The van der Waals surface area contributed by atoms with E-state index in [4.69, 9.17) is 4.42 Å². The van der Waals surface area contributed by atoms with Crippen molar-refractivity contribution in [2.75, 3.05) is 6.54 Å². The largest absolute Gasteiger partial charge is 0.469 e. The van der Waals surface area contributed by atoms with Crippen LogP contribution in [0, 0.1) is 6.92 Å². The summed E-state index contributed by atoms with van der Waals surface area (Å²) in [5.74, 6) is 0.719. The van der Waals surface area contributed by atoms with E-state index in [0.29, 0.717) is 17.9 Å². The highest BCUT2D eigenvalue weighted by Crippen LogP contribution is 2.15. The molecule has 0 fully saturated rings. The van der Waals surface area contributed by atoms with Gasteiger partial charge in [0.15, 0.2) is 0 Å². The Morgan fingerprint density at radius 1 is 1.21 bits per heavy atom. The maximum atomic E-state index is 12.5. The number of carbonyl (C=O) groups excluding carboxylic acids is 1. The summed E-state index contributed by atoms with van der Waals surface area (Å²) in [5, 5.41) is 0. The van der Waals surface area contributed by atoms with Crippen LogP contribution in [-0.4, -0.2) is 17.4 Å². The molecule has 0 saturated heterocycles. The van der Waals surface area contributed by atoms with Crippen LogP contribution in [0.3, 0.4) is 0 Å². The van der Waals surface area contributed by atoms with Gasteiger partial charge in [0.2, 0.25) is 0 Å². The lowest BCUT2D eigenvalue weighted by Gasteiger charge is -2.22. The van der Waals surface area contributed by atoms with Crippen LogP contribution < -0.4 is 0 Å². The van der Waals surface area contributed by atoms with Crippen molar-refractivity contribution in [3.05, 3.63) is 59.5 Å². The van der Waals surface area contributed by atoms with E-state index in [-0.39, 0.29) is 5.91 Å². The Morgan fingerprint density at radius 2 is 1.95 bits per heavy atom. The molecule has 100 valence electrons. The molecule has 19 heavy (non-hydrogen) atoms. The Hall–Kier alpha value is -2.03. The van der Waals surface area contributed by atoms with Crippen LogP contribution in [0.5, 0.6) is 0 Å². The molecule has 2 aromatic rings. The zero-order valence-corrected chi connectivity index (χ0v) is 11.4. The molecular weight excluding hydrogens is 238 g/mol. The molecule has 1 amide bonds. The Kier molecular flexibility index (Phi) is 4.39. The Labute approximate surface area is 113 Å². The minimum atomic E-state index is 0.0388. The zero-order chi connectivity index (χ0) is 13.7. The van der Waals surface area contributed by atoms with Crippen LogP contribution in [0.2, 0.25) is 0 Å². The second-order valence-electron chi connectivity index (χ2n) is 4.60. The van der Waals surface area contributed by atoms with E-state index >= 15 is 0 Å². The Bertz CT molecular complexity index is 531. The second-order valence-corrected chi connectivity index (χ2v) is 4.60. The molecule has 0 aliphatic carbocycles. The quantitative estimate of drug-likeness (QED) is 0.819. The van der Waals surface area contributed by atoms with Crippen molar-refractivity contribution in [3.8, 4) is 0 Å². The van der Waals surface area contributed by atoms with Gasteiger partial charge in [-0.2, -0.15) is 0 Å². The SMILES string of the molecule is CCCN(Cc1ccccc1)C(=O)c1ccoc1C. The van der Waals surface area contributed by atoms with Crippen molar-refractivity contribution in [2.45, 2.75) is 26.8 Å². The van der Waals surface area contributed by atoms with Gasteiger partial charge in [-0.15, -0.1) is 0 Å². The van der Waals surface area contributed by atoms with E-state index in [1.54, 1.807) is 12.3 Å². The lowest BCUT2D eigenvalue weighted by atomic mass is 10.1. The minimum Gasteiger partial charge on any atom is -0.469 e. The number of furan rings is 1. The van der Waals surface area contributed by atoms with Gasteiger partial charge in [0.05, 0.1) is 11.8 Å². The van der Waals surface area contributed by atoms with Gasteiger partial charge < -0.3 is 9.32 Å². The molecule has 0 unspecified atom stereocenters. The molecule has 0 aliphatic heterocycles. The van der Waals surface area contributed by atoms with Crippen molar-refractivity contribution in [1.82, 2.24) is 4.90 Å². The number of carbonyl (C=O) groups is 1. The summed E-state index contributed by atoms with van der Waals surface area (Å²) in [5.41, 5.74) is 1.80. The molecule has 1 aromatic heterocycles. The number of hydrogen-bond acceptors (Lipinski definition) is 2. The number of nitrogens with zero attached hydrogens (tertiary/aromatic N) is 1. The van der Waals surface area contributed by atoms with E-state index < -0.39 is 0 Å². The highest BCUT2D eigenvalue weighted by atomic mass is 16.3. The minimum absolute atomic E-state index is 0.0388. The van der Waals surface area contributed by atoms with Crippen LogP contribution in [0.1, 0.15) is 35.0 Å². The average molecular weight is 257 g/mol. The van der Waals surface area contributed by atoms with Gasteiger partial charge >= 0.3 is 0 Å². The van der Waals surface area contributed by atoms with Gasteiger partial charge in [0.1, 0.15) is 5.76 Å². The van der Waals surface area contributed by atoms with Gasteiger partial charge in [0, 0.05) is 13.1 Å². The van der Waals surface area contributed by atoms with Crippen molar-refractivity contribution >= 4 is 5.91 Å². The third kappa shape index (κ3) is 3.25. The highest BCUT2D eigenvalue weighted by Gasteiger charge is 2.18. The highest BCUT2D eigenvalue weighted by molar-refractivity contribution is 5.95.